The molecule has 1 fully saturated rings. The zero-order valence-corrected chi connectivity index (χ0v) is 13.2. The van der Waals surface area contributed by atoms with Crippen molar-refractivity contribution >= 4 is 5.91 Å². The molecule has 0 radical (unpaired) electrons. The number of amides is 1. The van der Waals surface area contributed by atoms with Gasteiger partial charge in [-0.1, -0.05) is 19.1 Å². The molecule has 0 bridgehead atoms. The Hall–Kier alpha value is -1.46. The third-order valence-corrected chi connectivity index (χ3v) is 4.41. The number of carbonyl (C=O) groups excluding carboxylic acids is 1. The van der Waals surface area contributed by atoms with Crippen molar-refractivity contribution in [2.75, 3.05) is 32.8 Å². The summed E-state index contributed by atoms with van der Waals surface area (Å²) >= 11 is 0. The molecule has 1 saturated heterocycles. The summed E-state index contributed by atoms with van der Waals surface area (Å²) in [4.78, 5) is 16.4. The Labute approximate surface area is 131 Å². The maximum Gasteiger partial charge on any atom is 0.222 e. The van der Waals surface area contributed by atoms with E-state index in [1.807, 2.05) is 4.90 Å². The summed E-state index contributed by atoms with van der Waals surface area (Å²) < 4.78 is 12.8. The molecule has 0 aliphatic carbocycles. The van der Waals surface area contributed by atoms with Gasteiger partial charge in [-0.2, -0.15) is 0 Å². The Morgan fingerprint density at radius 1 is 1.23 bits per heavy atom. The SMILES string of the molecule is CCC(CO)N1CCN(C(=O)CCc2ccc(F)cc2)CC1. The van der Waals surface area contributed by atoms with Gasteiger partial charge in [0, 0.05) is 38.6 Å². The highest BCUT2D eigenvalue weighted by atomic mass is 19.1. The van der Waals surface area contributed by atoms with Crippen molar-refractivity contribution in [3.63, 3.8) is 0 Å². The minimum atomic E-state index is -0.249. The lowest BCUT2D eigenvalue weighted by atomic mass is 10.1. The van der Waals surface area contributed by atoms with E-state index in [9.17, 15) is 14.3 Å². The first-order chi connectivity index (χ1) is 10.6. The van der Waals surface area contributed by atoms with Crippen LogP contribution in [-0.2, 0) is 11.2 Å². The van der Waals surface area contributed by atoms with Gasteiger partial charge in [-0.15, -0.1) is 0 Å². The van der Waals surface area contributed by atoms with Crippen LogP contribution in [0.1, 0.15) is 25.3 Å². The lowest BCUT2D eigenvalue weighted by molar-refractivity contribution is -0.133. The number of nitrogens with zero attached hydrogens (tertiary/aromatic N) is 2. The number of aliphatic hydroxyl groups is 1. The van der Waals surface area contributed by atoms with Crippen molar-refractivity contribution in [3.05, 3.63) is 35.6 Å². The third-order valence-electron chi connectivity index (χ3n) is 4.41. The zero-order chi connectivity index (χ0) is 15.9. The first kappa shape index (κ1) is 16.9. The van der Waals surface area contributed by atoms with E-state index in [4.69, 9.17) is 0 Å². The second-order valence-electron chi connectivity index (χ2n) is 5.79. The van der Waals surface area contributed by atoms with Gasteiger partial charge in [0.15, 0.2) is 0 Å². The molecule has 0 saturated carbocycles. The van der Waals surface area contributed by atoms with Gasteiger partial charge in [-0.3, -0.25) is 9.69 Å². The van der Waals surface area contributed by atoms with Crippen LogP contribution in [0.5, 0.6) is 0 Å². The van der Waals surface area contributed by atoms with E-state index in [1.165, 1.54) is 12.1 Å². The number of aryl methyl sites for hydroxylation is 1. The van der Waals surface area contributed by atoms with Crippen LogP contribution in [0.3, 0.4) is 0 Å². The topological polar surface area (TPSA) is 43.8 Å². The van der Waals surface area contributed by atoms with Crippen LogP contribution in [0.2, 0.25) is 0 Å². The Kier molecular flexibility index (Phi) is 6.34. The fraction of sp³-hybridized carbons (Fsp3) is 0.588. The standard InChI is InChI=1S/C17H25FN2O2/c1-2-16(13-21)19-9-11-20(12-10-19)17(22)8-5-14-3-6-15(18)7-4-14/h3-4,6-7,16,21H,2,5,8-13H2,1H3. The summed E-state index contributed by atoms with van der Waals surface area (Å²) in [5.41, 5.74) is 0.986. The Balaban J connectivity index is 1.76. The number of hydrogen-bond acceptors (Lipinski definition) is 3. The van der Waals surface area contributed by atoms with Crippen molar-refractivity contribution < 1.29 is 14.3 Å². The van der Waals surface area contributed by atoms with Gasteiger partial charge in [-0.25, -0.2) is 4.39 Å². The Morgan fingerprint density at radius 2 is 1.86 bits per heavy atom. The van der Waals surface area contributed by atoms with Crippen LogP contribution in [0, 0.1) is 5.82 Å². The van der Waals surface area contributed by atoms with E-state index >= 15 is 0 Å². The lowest BCUT2D eigenvalue weighted by Gasteiger charge is -2.38. The Morgan fingerprint density at radius 3 is 2.41 bits per heavy atom. The monoisotopic (exact) mass is 308 g/mol. The molecule has 1 unspecified atom stereocenters. The number of aliphatic hydroxyl groups excluding tert-OH is 1. The van der Waals surface area contributed by atoms with E-state index in [-0.39, 0.29) is 24.4 Å². The molecule has 4 nitrogen and oxygen atoms in total. The predicted octanol–water partition coefficient (Wildman–Crippen LogP) is 1.67. The fourth-order valence-corrected chi connectivity index (χ4v) is 2.90. The number of piperazine rings is 1. The zero-order valence-electron chi connectivity index (χ0n) is 13.2. The molecule has 22 heavy (non-hydrogen) atoms. The van der Waals surface area contributed by atoms with Crippen LogP contribution in [0.15, 0.2) is 24.3 Å². The van der Waals surface area contributed by atoms with Gasteiger partial charge < -0.3 is 10.0 Å². The lowest BCUT2D eigenvalue weighted by Crippen LogP contribution is -2.52. The molecule has 122 valence electrons. The smallest absolute Gasteiger partial charge is 0.222 e. The molecule has 1 atom stereocenters. The first-order valence-electron chi connectivity index (χ1n) is 8.01. The van der Waals surface area contributed by atoms with E-state index in [0.29, 0.717) is 12.8 Å². The van der Waals surface area contributed by atoms with E-state index in [1.54, 1.807) is 12.1 Å². The Bertz CT molecular complexity index is 466. The molecule has 0 aromatic heterocycles. The van der Waals surface area contributed by atoms with Gasteiger partial charge in [-0.05, 0) is 30.5 Å². The normalized spacial score (nSPS) is 17.5. The van der Waals surface area contributed by atoms with Crippen molar-refractivity contribution in [2.45, 2.75) is 32.2 Å². The van der Waals surface area contributed by atoms with Gasteiger partial charge in [0.05, 0.1) is 6.61 Å². The molecule has 2 rings (SSSR count). The fourth-order valence-electron chi connectivity index (χ4n) is 2.90. The molecule has 1 aromatic carbocycles. The second-order valence-corrected chi connectivity index (χ2v) is 5.79. The number of benzene rings is 1. The van der Waals surface area contributed by atoms with Crippen LogP contribution < -0.4 is 0 Å². The van der Waals surface area contributed by atoms with Gasteiger partial charge in [0.25, 0.3) is 0 Å². The highest BCUT2D eigenvalue weighted by Crippen LogP contribution is 2.12. The van der Waals surface area contributed by atoms with Crippen molar-refractivity contribution in [1.82, 2.24) is 9.80 Å². The van der Waals surface area contributed by atoms with Crippen molar-refractivity contribution in [2.24, 2.45) is 0 Å². The summed E-state index contributed by atoms with van der Waals surface area (Å²) in [5, 5.41) is 9.33. The average molecular weight is 308 g/mol. The molecule has 5 heteroatoms. The van der Waals surface area contributed by atoms with Crippen LogP contribution >= 0.6 is 0 Å². The molecular formula is C17H25FN2O2. The maximum atomic E-state index is 12.8. The van der Waals surface area contributed by atoms with Crippen LogP contribution in [0.25, 0.3) is 0 Å². The molecular weight excluding hydrogens is 283 g/mol. The molecule has 1 heterocycles. The molecule has 1 aliphatic heterocycles. The van der Waals surface area contributed by atoms with Crippen LogP contribution in [0.4, 0.5) is 4.39 Å². The third kappa shape index (κ3) is 4.52. The highest BCUT2D eigenvalue weighted by Gasteiger charge is 2.24. The van der Waals surface area contributed by atoms with Gasteiger partial charge >= 0.3 is 0 Å². The molecule has 0 spiro atoms. The average Bonchev–Trinajstić information content (AvgIpc) is 2.56. The maximum absolute atomic E-state index is 12.8. The minimum Gasteiger partial charge on any atom is -0.395 e. The molecule has 1 N–H and O–H groups in total. The summed E-state index contributed by atoms with van der Waals surface area (Å²) in [6.07, 6.45) is 2.03. The van der Waals surface area contributed by atoms with Gasteiger partial charge in [0.2, 0.25) is 5.91 Å². The number of hydrogen-bond donors (Lipinski definition) is 1. The first-order valence-corrected chi connectivity index (χ1v) is 8.01. The minimum absolute atomic E-state index is 0.154. The number of halogens is 1. The summed E-state index contributed by atoms with van der Waals surface area (Å²) in [6, 6.07) is 6.52. The van der Waals surface area contributed by atoms with Crippen molar-refractivity contribution in [1.29, 1.82) is 0 Å². The second kappa shape index (κ2) is 8.25. The largest absolute Gasteiger partial charge is 0.395 e. The summed E-state index contributed by atoms with van der Waals surface area (Å²) in [6.45, 7) is 5.33. The molecule has 1 aliphatic rings. The summed E-state index contributed by atoms with van der Waals surface area (Å²) in [5.74, 6) is -0.0958. The predicted molar refractivity (Wildman–Crippen MR) is 84.0 cm³/mol. The summed E-state index contributed by atoms with van der Waals surface area (Å²) in [7, 11) is 0. The van der Waals surface area contributed by atoms with Crippen LogP contribution in [-0.4, -0.2) is 59.6 Å². The molecule has 1 aromatic rings. The van der Waals surface area contributed by atoms with Crippen molar-refractivity contribution in [3.8, 4) is 0 Å². The number of rotatable bonds is 6. The number of carbonyl (C=O) groups is 1. The quantitative estimate of drug-likeness (QED) is 0.869. The van der Waals surface area contributed by atoms with Gasteiger partial charge in [0.1, 0.15) is 5.82 Å². The molecule has 1 amide bonds. The highest BCUT2D eigenvalue weighted by molar-refractivity contribution is 5.76. The van der Waals surface area contributed by atoms with E-state index < -0.39 is 0 Å². The van der Waals surface area contributed by atoms with E-state index in [2.05, 4.69) is 11.8 Å². The van der Waals surface area contributed by atoms with E-state index in [0.717, 1.165) is 38.2 Å².